The van der Waals surface area contributed by atoms with Gasteiger partial charge in [0.15, 0.2) is 0 Å². The van der Waals surface area contributed by atoms with Crippen molar-refractivity contribution in [3.05, 3.63) is 23.8 Å². The van der Waals surface area contributed by atoms with E-state index in [0.29, 0.717) is 18.0 Å². The highest BCUT2D eigenvalue weighted by molar-refractivity contribution is 6.03. The molecule has 2 rings (SSSR count). The molecule has 19 heavy (non-hydrogen) atoms. The summed E-state index contributed by atoms with van der Waals surface area (Å²) in [6, 6.07) is 7.64. The molecule has 100 valence electrons. The minimum Gasteiger partial charge on any atom is -0.364 e. The second kappa shape index (κ2) is 5.31. The third-order valence-corrected chi connectivity index (χ3v) is 3.41. The first kappa shape index (κ1) is 13.4. The largest absolute Gasteiger partial charge is 0.364 e. The average molecular weight is 257 g/mol. The second-order valence-electron chi connectivity index (χ2n) is 5.40. The van der Waals surface area contributed by atoms with Gasteiger partial charge in [-0.1, -0.05) is 13.8 Å². The summed E-state index contributed by atoms with van der Waals surface area (Å²) in [5, 5.41) is 8.97. The molecule has 1 aromatic carbocycles. The first-order valence-corrected chi connectivity index (χ1v) is 6.58. The second-order valence-corrected chi connectivity index (χ2v) is 5.40. The molecule has 1 aliphatic heterocycles. The topological polar surface area (TPSA) is 47.3 Å². The van der Waals surface area contributed by atoms with Crippen LogP contribution in [-0.4, -0.2) is 26.0 Å². The van der Waals surface area contributed by atoms with Gasteiger partial charge in [-0.3, -0.25) is 4.79 Å². The van der Waals surface area contributed by atoms with Gasteiger partial charge in [0.1, 0.15) is 0 Å². The van der Waals surface area contributed by atoms with Crippen LogP contribution in [0.3, 0.4) is 0 Å². The summed E-state index contributed by atoms with van der Waals surface area (Å²) in [5.74, 6) is 0.689. The molecule has 0 fully saturated rings. The van der Waals surface area contributed by atoms with E-state index >= 15 is 0 Å². The number of nitriles is 1. The van der Waals surface area contributed by atoms with Crippen LogP contribution in [0.1, 0.15) is 25.8 Å². The van der Waals surface area contributed by atoms with E-state index in [9.17, 15) is 4.79 Å². The lowest BCUT2D eigenvalue weighted by Gasteiger charge is -2.35. The maximum Gasteiger partial charge on any atom is 0.246 e. The maximum absolute atomic E-state index is 12.2. The van der Waals surface area contributed by atoms with E-state index in [2.05, 4.69) is 19.9 Å². The van der Waals surface area contributed by atoms with Gasteiger partial charge in [0.2, 0.25) is 5.91 Å². The van der Waals surface area contributed by atoms with Crippen molar-refractivity contribution in [2.24, 2.45) is 5.92 Å². The number of hydrogen-bond donors (Lipinski definition) is 0. The van der Waals surface area contributed by atoms with Crippen molar-refractivity contribution >= 4 is 17.3 Å². The zero-order chi connectivity index (χ0) is 14.0. The molecule has 0 radical (unpaired) electrons. The van der Waals surface area contributed by atoms with Crippen molar-refractivity contribution < 1.29 is 4.79 Å². The summed E-state index contributed by atoms with van der Waals surface area (Å²) in [7, 11) is 1.89. The van der Waals surface area contributed by atoms with Crippen molar-refractivity contribution in [1.82, 2.24) is 0 Å². The summed E-state index contributed by atoms with van der Waals surface area (Å²) >= 11 is 0. The van der Waals surface area contributed by atoms with Crippen molar-refractivity contribution in [2.75, 3.05) is 29.9 Å². The minimum atomic E-state index is 0.125. The number of fused-ring (bicyclic) bond motifs is 1. The molecule has 1 aromatic rings. The molecule has 0 bridgehead atoms. The number of likely N-dealkylation sites (N-methyl/N-ethyl adjacent to an activating group) is 1. The zero-order valence-electron chi connectivity index (χ0n) is 11.7. The Hall–Kier alpha value is -2.02. The van der Waals surface area contributed by atoms with E-state index in [1.807, 2.05) is 29.0 Å². The summed E-state index contributed by atoms with van der Waals surface area (Å²) in [4.78, 5) is 15.9. The summed E-state index contributed by atoms with van der Waals surface area (Å²) in [6.45, 7) is 5.42. The van der Waals surface area contributed by atoms with E-state index in [0.717, 1.165) is 24.3 Å². The van der Waals surface area contributed by atoms with Crippen LogP contribution >= 0.6 is 0 Å². The molecule has 0 aliphatic carbocycles. The molecule has 1 aliphatic rings. The van der Waals surface area contributed by atoms with Crippen molar-refractivity contribution in [3.8, 4) is 6.07 Å². The Kier molecular flexibility index (Phi) is 3.75. The van der Waals surface area contributed by atoms with Gasteiger partial charge in [-0.15, -0.1) is 0 Å². The predicted molar refractivity (Wildman–Crippen MR) is 76.2 cm³/mol. The SMILES string of the molecule is CC(C)CCN1C(=O)CN(C)c2cc(C#N)ccc21. The van der Waals surface area contributed by atoms with E-state index in [4.69, 9.17) is 5.26 Å². The first-order valence-electron chi connectivity index (χ1n) is 6.58. The van der Waals surface area contributed by atoms with Gasteiger partial charge in [0, 0.05) is 13.6 Å². The van der Waals surface area contributed by atoms with Gasteiger partial charge in [-0.2, -0.15) is 5.26 Å². The van der Waals surface area contributed by atoms with Crippen LogP contribution in [0.5, 0.6) is 0 Å². The van der Waals surface area contributed by atoms with Gasteiger partial charge >= 0.3 is 0 Å². The number of anilines is 2. The van der Waals surface area contributed by atoms with Gasteiger partial charge < -0.3 is 9.80 Å². The van der Waals surface area contributed by atoms with Gasteiger partial charge in [-0.05, 0) is 30.5 Å². The molecule has 0 saturated heterocycles. The highest BCUT2D eigenvalue weighted by Crippen LogP contribution is 2.33. The number of nitrogens with zero attached hydrogens (tertiary/aromatic N) is 3. The maximum atomic E-state index is 12.2. The van der Waals surface area contributed by atoms with Gasteiger partial charge in [0.05, 0.1) is 29.6 Å². The van der Waals surface area contributed by atoms with Crippen LogP contribution < -0.4 is 9.80 Å². The van der Waals surface area contributed by atoms with Gasteiger partial charge in [-0.25, -0.2) is 0 Å². The van der Waals surface area contributed by atoms with E-state index in [1.165, 1.54) is 0 Å². The minimum absolute atomic E-state index is 0.125. The first-order chi connectivity index (χ1) is 9.02. The Bertz CT molecular complexity index is 531. The molecule has 0 atom stereocenters. The smallest absolute Gasteiger partial charge is 0.246 e. The summed E-state index contributed by atoms with van der Waals surface area (Å²) in [5.41, 5.74) is 2.50. The number of carbonyl (C=O) groups is 1. The van der Waals surface area contributed by atoms with Crippen molar-refractivity contribution in [2.45, 2.75) is 20.3 Å². The summed E-state index contributed by atoms with van der Waals surface area (Å²) in [6.07, 6.45) is 0.981. The highest BCUT2D eigenvalue weighted by atomic mass is 16.2. The molecule has 0 aromatic heterocycles. The third-order valence-electron chi connectivity index (χ3n) is 3.41. The Labute approximate surface area is 114 Å². The molecule has 4 heteroatoms. The number of carbonyl (C=O) groups excluding carboxylic acids is 1. The standard InChI is InChI=1S/C15H19N3O/c1-11(2)6-7-18-13-5-4-12(9-16)8-14(13)17(3)10-15(18)19/h4-5,8,11H,6-7,10H2,1-3H3. The number of benzene rings is 1. The lowest BCUT2D eigenvalue weighted by atomic mass is 10.1. The molecule has 4 nitrogen and oxygen atoms in total. The number of hydrogen-bond acceptors (Lipinski definition) is 3. The molecular formula is C15H19N3O. The predicted octanol–water partition coefficient (Wildman–Crippen LogP) is 2.39. The Morgan fingerprint density at radius 2 is 2.11 bits per heavy atom. The van der Waals surface area contributed by atoms with Crippen LogP contribution in [0.2, 0.25) is 0 Å². The Morgan fingerprint density at radius 1 is 1.37 bits per heavy atom. The van der Waals surface area contributed by atoms with Crippen LogP contribution in [0, 0.1) is 17.2 Å². The fraction of sp³-hybridized carbons (Fsp3) is 0.467. The zero-order valence-corrected chi connectivity index (χ0v) is 11.7. The molecule has 1 amide bonds. The quantitative estimate of drug-likeness (QED) is 0.835. The van der Waals surface area contributed by atoms with Gasteiger partial charge in [0.25, 0.3) is 0 Å². The monoisotopic (exact) mass is 257 g/mol. The normalized spacial score (nSPS) is 14.6. The van der Waals surface area contributed by atoms with E-state index in [-0.39, 0.29) is 5.91 Å². The van der Waals surface area contributed by atoms with E-state index in [1.54, 1.807) is 6.07 Å². The van der Waals surface area contributed by atoms with Crippen molar-refractivity contribution in [1.29, 1.82) is 5.26 Å². The van der Waals surface area contributed by atoms with Crippen LogP contribution in [0.15, 0.2) is 18.2 Å². The molecule has 1 heterocycles. The lowest BCUT2D eigenvalue weighted by molar-refractivity contribution is -0.117. The molecule has 0 unspecified atom stereocenters. The fourth-order valence-electron chi connectivity index (χ4n) is 2.27. The Balaban J connectivity index is 2.35. The van der Waals surface area contributed by atoms with Crippen LogP contribution in [0.4, 0.5) is 11.4 Å². The molecular weight excluding hydrogens is 238 g/mol. The van der Waals surface area contributed by atoms with E-state index < -0.39 is 0 Å². The molecule has 0 N–H and O–H groups in total. The molecule has 0 saturated carbocycles. The average Bonchev–Trinajstić information content (AvgIpc) is 2.37. The number of amides is 1. The fourth-order valence-corrected chi connectivity index (χ4v) is 2.27. The van der Waals surface area contributed by atoms with Crippen LogP contribution in [-0.2, 0) is 4.79 Å². The molecule has 0 spiro atoms. The summed E-state index contributed by atoms with van der Waals surface area (Å²) < 4.78 is 0. The lowest BCUT2D eigenvalue weighted by Crippen LogP contribution is -2.45. The van der Waals surface area contributed by atoms with Crippen LogP contribution in [0.25, 0.3) is 0 Å². The Morgan fingerprint density at radius 3 is 2.74 bits per heavy atom. The van der Waals surface area contributed by atoms with Crippen molar-refractivity contribution in [3.63, 3.8) is 0 Å². The number of rotatable bonds is 3. The third kappa shape index (κ3) is 2.70. The highest BCUT2D eigenvalue weighted by Gasteiger charge is 2.27.